The third-order valence-corrected chi connectivity index (χ3v) is 3.85. The van der Waals surface area contributed by atoms with Crippen molar-refractivity contribution in [2.24, 2.45) is 0 Å². The number of ether oxygens (including phenoxy) is 1. The number of hydrogen-bond acceptors (Lipinski definition) is 3. The van der Waals surface area contributed by atoms with Gasteiger partial charge in [-0.15, -0.1) is 0 Å². The molecule has 94 valence electrons. The zero-order chi connectivity index (χ0) is 11.6. The second-order valence-electron chi connectivity index (χ2n) is 5.86. The molecule has 0 radical (unpaired) electrons. The normalized spacial score (nSPS) is 35.4. The molecule has 2 saturated heterocycles. The zero-order valence-electron chi connectivity index (χ0n) is 11.0. The molecule has 16 heavy (non-hydrogen) atoms. The van der Waals surface area contributed by atoms with E-state index >= 15 is 0 Å². The summed E-state index contributed by atoms with van der Waals surface area (Å²) in [6, 6.07) is 0.683. The van der Waals surface area contributed by atoms with Gasteiger partial charge in [-0.3, -0.25) is 4.90 Å². The number of rotatable bonds is 3. The highest BCUT2D eigenvalue weighted by atomic mass is 16.5. The van der Waals surface area contributed by atoms with Gasteiger partial charge in [0.1, 0.15) is 0 Å². The largest absolute Gasteiger partial charge is 0.371 e. The number of nitrogens with zero attached hydrogens (tertiary/aromatic N) is 1. The maximum atomic E-state index is 6.06. The second-order valence-corrected chi connectivity index (χ2v) is 5.86. The lowest BCUT2D eigenvalue weighted by molar-refractivity contribution is -0.0313. The van der Waals surface area contributed by atoms with Crippen molar-refractivity contribution in [1.29, 1.82) is 0 Å². The molecule has 0 aromatic rings. The van der Waals surface area contributed by atoms with E-state index < -0.39 is 0 Å². The molecule has 0 bridgehead atoms. The first-order chi connectivity index (χ1) is 7.59. The van der Waals surface area contributed by atoms with Crippen LogP contribution in [0.15, 0.2) is 0 Å². The molecule has 0 saturated carbocycles. The van der Waals surface area contributed by atoms with Crippen molar-refractivity contribution in [1.82, 2.24) is 10.2 Å². The molecule has 1 N–H and O–H groups in total. The molecule has 2 aliphatic rings. The van der Waals surface area contributed by atoms with Crippen molar-refractivity contribution in [2.75, 3.05) is 26.2 Å². The van der Waals surface area contributed by atoms with Gasteiger partial charge >= 0.3 is 0 Å². The summed E-state index contributed by atoms with van der Waals surface area (Å²) < 4.78 is 6.06. The van der Waals surface area contributed by atoms with Gasteiger partial charge in [-0.2, -0.15) is 0 Å². The molecular weight excluding hydrogens is 200 g/mol. The molecule has 0 aromatic heterocycles. The lowest BCUT2D eigenvalue weighted by Crippen LogP contribution is -2.52. The van der Waals surface area contributed by atoms with Gasteiger partial charge in [0.25, 0.3) is 0 Å². The molecule has 0 aliphatic carbocycles. The molecule has 2 fully saturated rings. The summed E-state index contributed by atoms with van der Waals surface area (Å²) in [5.74, 6) is 0. The fraction of sp³-hybridized carbons (Fsp3) is 1.00. The highest BCUT2D eigenvalue weighted by Gasteiger charge is 2.33. The Labute approximate surface area is 99.5 Å². The molecule has 2 rings (SSSR count). The van der Waals surface area contributed by atoms with Crippen LogP contribution in [0.25, 0.3) is 0 Å². The molecule has 2 unspecified atom stereocenters. The Hall–Kier alpha value is -0.120. The quantitative estimate of drug-likeness (QED) is 0.791. The SMILES string of the molecule is CCC1CN(CC2CCC(C)(C)O2)CCN1. The Balaban J connectivity index is 1.77. The molecule has 3 heteroatoms. The molecule has 0 spiro atoms. The van der Waals surface area contributed by atoms with Crippen molar-refractivity contribution >= 4 is 0 Å². The monoisotopic (exact) mass is 226 g/mol. The van der Waals surface area contributed by atoms with Gasteiger partial charge in [0.2, 0.25) is 0 Å². The number of piperazine rings is 1. The van der Waals surface area contributed by atoms with Gasteiger partial charge in [-0.1, -0.05) is 6.92 Å². The van der Waals surface area contributed by atoms with Gasteiger partial charge in [0, 0.05) is 32.2 Å². The maximum Gasteiger partial charge on any atom is 0.0710 e. The van der Waals surface area contributed by atoms with Gasteiger partial charge in [0.15, 0.2) is 0 Å². The molecule has 3 nitrogen and oxygen atoms in total. The van der Waals surface area contributed by atoms with Gasteiger partial charge in [0.05, 0.1) is 11.7 Å². The Morgan fingerprint density at radius 2 is 2.25 bits per heavy atom. The third-order valence-electron chi connectivity index (χ3n) is 3.85. The van der Waals surface area contributed by atoms with Crippen LogP contribution in [0.4, 0.5) is 0 Å². The average Bonchev–Trinajstić information content (AvgIpc) is 2.58. The first kappa shape index (κ1) is 12.3. The minimum absolute atomic E-state index is 0.114. The van der Waals surface area contributed by atoms with Crippen molar-refractivity contribution in [3.05, 3.63) is 0 Å². The van der Waals surface area contributed by atoms with E-state index in [1.54, 1.807) is 0 Å². The van der Waals surface area contributed by atoms with E-state index in [0.29, 0.717) is 12.1 Å². The molecule has 0 amide bonds. The molecule has 2 atom stereocenters. The third kappa shape index (κ3) is 3.19. The Kier molecular flexibility index (Phi) is 3.88. The average molecular weight is 226 g/mol. The summed E-state index contributed by atoms with van der Waals surface area (Å²) in [5, 5.41) is 3.56. The fourth-order valence-corrected chi connectivity index (χ4v) is 2.83. The molecule has 2 heterocycles. The van der Waals surface area contributed by atoms with E-state index in [2.05, 4.69) is 31.0 Å². The van der Waals surface area contributed by atoms with Crippen LogP contribution in [0.5, 0.6) is 0 Å². The van der Waals surface area contributed by atoms with Crippen molar-refractivity contribution < 1.29 is 4.74 Å². The maximum absolute atomic E-state index is 6.06. The number of hydrogen-bond donors (Lipinski definition) is 1. The van der Waals surface area contributed by atoms with Gasteiger partial charge in [-0.05, 0) is 33.1 Å². The van der Waals surface area contributed by atoms with E-state index in [1.165, 1.54) is 32.4 Å². The second kappa shape index (κ2) is 5.03. The Morgan fingerprint density at radius 3 is 2.88 bits per heavy atom. The summed E-state index contributed by atoms with van der Waals surface area (Å²) >= 11 is 0. The van der Waals surface area contributed by atoms with Crippen LogP contribution in [-0.2, 0) is 4.74 Å². The summed E-state index contributed by atoms with van der Waals surface area (Å²) in [6.45, 7) is 11.3. The smallest absolute Gasteiger partial charge is 0.0710 e. The van der Waals surface area contributed by atoms with Crippen LogP contribution in [0.1, 0.15) is 40.0 Å². The highest BCUT2D eigenvalue weighted by molar-refractivity contribution is 4.85. The summed E-state index contributed by atoms with van der Waals surface area (Å²) in [6.07, 6.45) is 4.13. The van der Waals surface area contributed by atoms with E-state index in [9.17, 15) is 0 Å². The minimum atomic E-state index is 0.114. The van der Waals surface area contributed by atoms with Crippen LogP contribution in [-0.4, -0.2) is 48.8 Å². The van der Waals surface area contributed by atoms with Gasteiger partial charge in [-0.25, -0.2) is 0 Å². The fourth-order valence-electron chi connectivity index (χ4n) is 2.83. The Morgan fingerprint density at radius 1 is 1.44 bits per heavy atom. The van der Waals surface area contributed by atoms with Crippen LogP contribution < -0.4 is 5.32 Å². The van der Waals surface area contributed by atoms with Crippen molar-refractivity contribution in [3.63, 3.8) is 0 Å². The van der Waals surface area contributed by atoms with Crippen LogP contribution in [0.2, 0.25) is 0 Å². The predicted molar refractivity (Wildman–Crippen MR) is 66.7 cm³/mol. The standard InChI is InChI=1S/C13H26N2O/c1-4-11-9-15(8-7-14-11)10-12-5-6-13(2,3)16-12/h11-12,14H,4-10H2,1-3H3. The van der Waals surface area contributed by atoms with E-state index in [1.807, 2.05) is 0 Å². The van der Waals surface area contributed by atoms with E-state index in [4.69, 9.17) is 4.74 Å². The van der Waals surface area contributed by atoms with Crippen LogP contribution in [0.3, 0.4) is 0 Å². The molecular formula is C13H26N2O. The first-order valence-corrected chi connectivity index (χ1v) is 6.72. The van der Waals surface area contributed by atoms with Crippen molar-refractivity contribution in [2.45, 2.75) is 57.8 Å². The predicted octanol–water partition coefficient (Wildman–Crippen LogP) is 1.63. The summed E-state index contributed by atoms with van der Waals surface area (Å²) in [4.78, 5) is 2.57. The molecule has 0 aromatic carbocycles. The van der Waals surface area contributed by atoms with Gasteiger partial charge < -0.3 is 10.1 Å². The lowest BCUT2D eigenvalue weighted by atomic mass is 10.1. The first-order valence-electron chi connectivity index (χ1n) is 6.72. The topological polar surface area (TPSA) is 24.5 Å². The summed E-state index contributed by atoms with van der Waals surface area (Å²) in [5.41, 5.74) is 0.114. The van der Waals surface area contributed by atoms with Crippen LogP contribution in [0, 0.1) is 0 Å². The van der Waals surface area contributed by atoms with E-state index in [0.717, 1.165) is 13.1 Å². The Bertz CT molecular complexity index is 230. The summed E-state index contributed by atoms with van der Waals surface area (Å²) in [7, 11) is 0. The van der Waals surface area contributed by atoms with Crippen LogP contribution >= 0.6 is 0 Å². The lowest BCUT2D eigenvalue weighted by Gasteiger charge is -2.34. The minimum Gasteiger partial charge on any atom is -0.371 e. The van der Waals surface area contributed by atoms with E-state index in [-0.39, 0.29) is 5.60 Å². The molecule has 2 aliphatic heterocycles. The van der Waals surface area contributed by atoms with Crippen molar-refractivity contribution in [3.8, 4) is 0 Å². The highest BCUT2D eigenvalue weighted by Crippen LogP contribution is 2.29. The zero-order valence-corrected chi connectivity index (χ0v) is 11.0. The number of nitrogens with one attached hydrogen (secondary N) is 1.